The van der Waals surface area contributed by atoms with Gasteiger partial charge in [-0.25, -0.2) is 24.3 Å². The van der Waals surface area contributed by atoms with Gasteiger partial charge in [-0.05, 0) is 68.0 Å². The van der Waals surface area contributed by atoms with Gasteiger partial charge in [-0.3, -0.25) is 4.79 Å². The highest BCUT2D eigenvalue weighted by Gasteiger charge is 2.34. The van der Waals surface area contributed by atoms with E-state index in [9.17, 15) is 22.4 Å². The second kappa shape index (κ2) is 11.6. The molecule has 2 aromatic carbocycles. The number of ether oxygens (including phenoxy) is 1. The molecule has 0 unspecified atom stereocenters. The SMILES string of the molecule is CC(=O)NC1CCC(Oc2cc(-c3ccc(F)cc3)cc3c(N[C@H](C)c4cnc(C(F)(F)F)nc4)ncnc23)CC1. The number of carbonyl (C=O) groups excluding carboxylic acids is 1. The van der Waals surface area contributed by atoms with E-state index < -0.39 is 18.0 Å². The summed E-state index contributed by atoms with van der Waals surface area (Å²) in [7, 11) is 0. The van der Waals surface area contributed by atoms with Gasteiger partial charge in [0.25, 0.3) is 0 Å². The number of halogens is 4. The summed E-state index contributed by atoms with van der Waals surface area (Å²) in [6, 6.07) is 9.42. The van der Waals surface area contributed by atoms with Crippen molar-refractivity contribution in [3.8, 4) is 16.9 Å². The quantitative estimate of drug-likeness (QED) is 0.254. The highest BCUT2D eigenvalue weighted by molar-refractivity contribution is 5.96. The summed E-state index contributed by atoms with van der Waals surface area (Å²) >= 11 is 0. The van der Waals surface area contributed by atoms with Crippen LogP contribution in [-0.2, 0) is 11.0 Å². The highest BCUT2D eigenvalue weighted by atomic mass is 19.4. The highest BCUT2D eigenvalue weighted by Crippen LogP contribution is 2.37. The third-order valence-corrected chi connectivity index (χ3v) is 7.04. The van der Waals surface area contributed by atoms with Crippen molar-refractivity contribution in [2.45, 2.75) is 63.9 Å². The molecule has 12 heteroatoms. The van der Waals surface area contributed by atoms with Crippen LogP contribution in [0.3, 0.4) is 0 Å². The smallest absolute Gasteiger partial charge is 0.451 e. The van der Waals surface area contributed by atoms with Crippen molar-refractivity contribution in [2.75, 3.05) is 5.32 Å². The number of amides is 1. The molecule has 0 bridgehead atoms. The molecule has 0 saturated heterocycles. The van der Waals surface area contributed by atoms with Crippen molar-refractivity contribution in [3.63, 3.8) is 0 Å². The number of alkyl halides is 3. The normalized spacial score (nSPS) is 18.1. The summed E-state index contributed by atoms with van der Waals surface area (Å²) in [6.45, 7) is 3.26. The first-order valence-electron chi connectivity index (χ1n) is 13.2. The zero-order valence-corrected chi connectivity index (χ0v) is 22.4. The molecular weight excluding hydrogens is 540 g/mol. The fraction of sp³-hybridized carbons (Fsp3) is 0.345. The zero-order chi connectivity index (χ0) is 29.1. The molecule has 5 rings (SSSR count). The lowest BCUT2D eigenvalue weighted by molar-refractivity contribution is -0.145. The number of nitrogens with zero attached hydrogens (tertiary/aromatic N) is 4. The van der Waals surface area contributed by atoms with Gasteiger partial charge in [0.1, 0.15) is 29.2 Å². The monoisotopic (exact) mass is 568 g/mol. The molecule has 1 fully saturated rings. The van der Waals surface area contributed by atoms with Gasteiger partial charge in [0, 0.05) is 36.3 Å². The van der Waals surface area contributed by atoms with Crippen LogP contribution in [0.15, 0.2) is 55.1 Å². The van der Waals surface area contributed by atoms with Crippen LogP contribution in [0.1, 0.15) is 57.0 Å². The summed E-state index contributed by atoms with van der Waals surface area (Å²) < 4.78 is 58.9. The molecule has 2 heterocycles. The van der Waals surface area contributed by atoms with E-state index in [1.807, 2.05) is 12.1 Å². The average Bonchev–Trinajstić information content (AvgIpc) is 2.94. The lowest BCUT2D eigenvalue weighted by atomic mass is 9.93. The Labute approximate surface area is 233 Å². The average molecular weight is 569 g/mol. The molecule has 1 saturated carbocycles. The number of fused-ring (bicyclic) bond motifs is 1. The summed E-state index contributed by atoms with van der Waals surface area (Å²) in [4.78, 5) is 27.2. The molecular formula is C29H28F4N6O2. The van der Waals surface area contributed by atoms with Crippen LogP contribution in [0.5, 0.6) is 5.75 Å². The summed E-state index contributed by atoms with van der Waals surface area (Å²) in [5.74, 6) is -0.662. The molecule has 4 aromatic rings. The van der Waals surface area contributed by atoms with Crippen LogP contribution in [0.25, 0.3) is 22.0 Å². The lowest BCUT2D eigenvalue weighted by Gasteiger charge is -2.29. The van der Waals surface area contributed by atoms with Crippen molar-refractivity contribution in [1.29, 1.82) is 0 Å². The molecule has 0 spiro atoms. The Kier molecular flexibility index (Phi) is 8.00. The van der Waals surface area contributed by atoms with Gasteiger partial charge >= 0.3 is 6.18 Å². The third-order valence-electron chi connectivity index (χ3n) is 7.04. The van der Waals surface area contributed by atoms with Crippen LogP contribution in [0, 0.1) is 5.82 Å². The Bertz CT molecular complexity index is 1520. The largest absolute Gasteiger partial charge is 0.488 e. The van der Waals surface area contributed by atoms with Crippen LogP contribution in [0.4, 0.5) is 23.4 Å². The molecule has 41 heavy (non-hydrogen) atoms. The van der Waals surface area contributed by atoms with Crippen molar-refractivity contribution in [3.05, 3.63) is 72.3 Å². The van der Waals surface area contributed by atoms with E-state index >= 15 is 0 Å². The summed E-state index contributed by atoms with van der Waals surface area (Å²) in [5, 5.41) is 6.82. The predicted molar refractivity (Wildman–Crippen MR) is 144 cm³/mol. The number of hydrogen-bond acceptors (Lipinski definition) is 7. The minimum absolute atomic E-state index is 0.0545. The summed E-state index contributed by atoms with van der Waals surface area (Å²) in [5.41, 5.74) is 2.49. The van der Waals surface area contributed by atoms with E-state index in [-0.39, 0.29) is 23.9 Å². The van der Waals surface area contributed by atoms with Gasteiger partial charge in [-0.15, -0.1) is 0 Å². The second-order valence-electron chi connectivity index (χ2n) is 10.1. The molecule has 1 aliphatic rings. The number of rotatable bonds is 7. The fourth-order valence-corrected chi connectivity index (χ4v) is 4.94. The van der Waals surface area contributed by atoms with Crippen molar-refractivity contribution >= 4 is 22.6 Å². The molecule has 1 atom stereocenters. The fourth-order valence-electron chi connectivity index (χ4n) is 4.94. The van der Waals surface area contributed by atoms with E-state index in [1.165, 1.54) is 25.4 Å². The number of aromatic nitrogens is 4. The summed E-state index contributed by atoms with van der Waals surface area (Å²) in [6.07, 6.45) is 1.99. The molecule has 214 valence electrons. The predicted octanol–water partition coefficient (Wildman–Crippen LogP) is 6.24. The van der Waals surface area contributed by atoms with Gasteiger partial charge < -0.3 is 15.4 Å². The zero-order valence-electron chi connectivity index (χ0n) is 22.4. The standard InChI is InChI=1S/C29H28F4N6O2/c1-16(20-13-34-28(35-14-20)29(31,32)33)38-27-24-11-19(18-3-5-21(30)6-4-18)12-25(26(24)36-15-37-27)41-23-9-7-22(8-10-23)39-17(2)40/h3-6,11-16,22-23H,7-10H2,1-2H3,(H,39,40)(H,36,37,38)/t16-,22?,23?/m1/s1. The van der Waals surface area contributed by atoms with E-state index in [0.717, 1.165) is 49.2 Å². The molecule has 1 amide bonds. The third kappa shape index (κ3) is 6.69. The van der Waals surface area contributed by atoms with Crippen molar-refractivity contribution in [1.82, 2.24) is 25.3 Å². The Morgan fingerprint density at radius 1 is 0.976 bits per heavy atom. The Morgan fingerprint density at radius 2 is 1.66 bits per heavy atom. The topological polar surface area (TPSA) is 102 Å². The maximum atomic E-state index is 13.7. The molecule has 2 N–H and O–H groups in total. The number of anilines is 1. The first kappa shape index (κ1) is 28.2. The van der Waals surface area contributed by atoms with E-state index in [1.54, 1.807) is 19.1 Å². The molecule has 2 aromatic heterocycles. The van der Waals surface area contributed by atoms with Crippen molar-refractivity contribution < 1.29 is 27.1 Å². The minimum Gasteiger partial charge on any atom is -0.488 e. The molecule has 0 radical (unpaired) electrons. The maximum absolute atomic E-state index is 13.7. The Morgan fingerprint density at radius 3 is 2.29 bits per heavy atom. The second-order valence-corrected chi connectivity index (χ2v) is 10.1. The Balaban J connectivity index is 1.47. The van der Waals surface area contributed by atoms with E-state index in [0.29, 0.717) is 28.0 Å². The van der Waals surface area contributed by atoms with Crippen LogP contribution >= 0.6 is 0 Å². The molecule has 8 nitrogen and oxygen atoms in total. The number of nitrogens with one attached hydrogen (secondary N) is 2. The Hall–Kier alpha value is -4.35. The van der Waals surface area contributed by atoms with E-state index in [2.05, 4.69) is 30.6 Å². The number of hydrogen-bond donors (Lipinski definition) is 2. The van der Waals surface area contributed by atoms with Gasteiger partial charge in [0.05, 0.1) is 12.1 Å². The van der Waals surface area contributed by atoms with Gasteiger partial charge in [0.2, 0.25) is 11.7 Å². The number of benzene rings is 2. The minimum atomic E-state index is -4.63. The van der Waals surface area contributed by atoms with Gasteiger partial charge in [0.15, 0.2) is 0 Å². The van der Waals surface area contributed by atoms with Crippen LogP contribution in [0.2, 0.25) is 0 Å². The first-order valence-corrected chi connectivity index (χ1v) is 13.2. The molecule has 0 aliphatic heterocycles. The van der Waals surface area contributed by atoms with Gasteiger partial charge in [-0.2, -0.15) is 13.2 Å². The van der Waals surface area contributed by atoms with Crippen molar-refractivity contribution in [2.24, 2.45) is 0 Å². The maximum Gasteiger partial charge on any atom is 0.451 e. The lowest BCUT2D eigenvalue weighted by Crippen LogP contribution is -2.38. The number of carbonyl (C=O) groups is 1. The van der Waals surface area contributed by atoms with Crippen LogP contribution in [-0.4, -0.2) is 38.0 Å². The first-order chi connectivity index (χ1) is 19.6. The van der Waals surface area contributed by atoms with E-state index in [4.69, 9.17) is 4.74 Å². The van der Waals surface area contributed by atoms with Gasteiger partial charge in [-0.1, -0.05) is 12.1 Å². The molecule has 1 aliphatic carbocycles. The van der Waals surface area contributed by atoms with Crippen LogP contribution < -0.4 is 15.4 Å².